The maximum absolute atomic E-state index is 6.44. The van der Waals surface area contributed by atoms with E-state index in [2.05, 4.69) is 55.0 Å². The summed E-state index contributed by atoms with van der Waals surface area (Å²) >= 11 is 0. The van der Waals surface area contributed by atoms with E-state index in [1.807, 2.05) is 0 Å². The average Bonchev–Trinajstić information content (AvgIpc) is 2.58. The van der Waals surface area contributed by atoms with Gasteiger partial charge in [0.1, 0.15) is 0 Å². The quantitative estimate of drug-likeness (QED) is 0.146. The highest BCUT2D eigenvalue weighted by molar-refractivity contribution is 6.66. The van der Waals surface area contributed by atoms with Gasteiger partial charge < -0.3 is 8.85 Å². The summed E-state index contributed by atoms with van der Waals surface area (Å²) in [5.74, 6) is 0. The molecule has 0 unspecified atom stereocenters. The van der Waals surface area contributed by atoms with Crippen LogP contribution in [0.1, 0.15) is 151 Å². The third-order valence-electron chi connectivity index (χ3n) is 5.53. The molecule has 0 aliphatic heterocycles. The number of hydrogen-bond donors (Lipinski definition) is 0. The molecule has 0 rings (SSSR count). The highest BCUT2D eigenvalue weighted by atomic mass is 28.4. The Morgan fingerprint density at radius 1 is 0.467 bits per heavy atom. The summed E-state index contributed by atoms with van der Waals surface area (Å²) in [6, 6.07) is 1.11. The van der Waals surface area contributed by atoms with Gasteiger partial charge in [-0.1, -0.05) is 110 Å². The lowest BCUT2D eigenvalue weighted by Gasteiger charge is -2.39. The van der Waals surface area contributed by atoms with Crippen molar-refractivity contribution >= 4 is 8.56 Å². The lowest BCUT2D eigenvalue weighted by Crippen LogP contribution is -2.49. The summed E-state index contributed by atoms with van der Waals surface area (Å²) in [6.45, 7) is 17.5. The zero-order valence-corrected chi connectivity index (χ0v) is 23.3. The van der Waals surface area contributed by atoms with Crippen molar-refractivity contribution in [3.8, 4) is 0 Å². The minimum absolute atomic E-state index is 0.124. The molecular weight excluding hydrogens is 384 g/mol. The maximum Gasteiger partial charge on any atom is 0.335 e. The molecular formula is C27H58O2Si. The molecule has 0 fully saturated rings. The summed E-state index contributed by atoms with van der Waals surface area (Å²) in [5.41, 5.74) is -0.247. The van der Waals surface area contributed by atoms with E-state index in [0.717, 1.165) is 6.04 Å². The second-order valence-corrected chi connectivity index (χ2v) is 14.8. The summed E-state index contributed by atoms with van der Waals surface area (Å²) in [7, 11) is -2.13. The van der Waals surface area contributed by atoms with Crippen molar-refractivity contribution in [1.29, 1.82) is 0 Å². The van der Waals surface area contributed by atoms with Crippen molar-refractivity contribution in [3.05, 3.63) is 0 Å². The van der Waals surface area contributed by atoms with E-state index in [1.54, 1.807) is 0 Å². The van der Waals surface area contributed by atoms with Crippen molar-refractivity contribution < 1.29 is 8.85 Å². The largest absolute Gasteiger partial charge is 0.389 e. The Morgan fingerprint density at radius 3 is 1.00 bits per heavy atom. The first-order valence-electron chi connectivity index (χ1n) is 13.4. The number of hydrogen-bond acceptors (Lipinski definition) is 2. The molecule has 0 saturated carbocycles. The summed E-state index contributed by atoms with van der Waals surface area (Å²) in [6.07, 6.45) is 22.6. The van der Waals surface area contributed by atoms with E-state index in [0.29, 0.717) is 0 Å². The first-order chi connectivity index (χ1) is 14.0. The Morgan fingerprint density at radius 2 is 0.733 bits per heavy atom. The first kappa shape index (κ1) is 30.1. The Bertz CT molecular complexity index is 365. The van der Waals surface area contributed by atoms with E-state index in [4.69, 9.17) is 8.85 Å². The van der Waals surface area contributed by atoms with Gasteiger partial charge in [-0.05, 0) is 54.1 Å². The predicted molar refractivity (Wildman–Crippen MR) is 138 cm³/mol. The van der Waals surface area contributed by atoms with Crippen LogP contribution >= 0.6 is 0 Å². The second-order valence-electron chi connectivity index (χ2n) is 11.6. The molecule has 0 heterocycles. The first-order valence-corrected chi connectivity index (χ1v) is 15.9. The van der Waals surface area contributed by atoms with E-state index >= 15 is 0 Å². The van der Waals surface area contributed by atoms with Gasteiger partial charge >= 0.3 is 8.56 Å². The predicted octanol–water partition coefficient (Wildman–Crippen LogP) is 9.95. The van der Waals surface area contributed by atoms with Crippen LogP contribution in [0.5, 0.6) is 0 Å². The monoisotopic (exact) mass is 442 g/mol. The second kappa shape index (κ2) is 16.7. The van der Waals surface area contributed by atoms with Gasteiger partial charge in [-0.2, -0.15) is 0 Å². The molecule has 30 heavy (non-hydrogen) atoms. The van der Waals surface area contributed by atoms with Crippen LogP contribution < -0.4 is 0 Å². The smallest absolute Gasteiger partial charge is 0.335 e. The van der Waals surface area contributed by atoms with Crippen molar-refractivity contribution in [1.82, 2.24) is 0 Å². The van der Waals surface area contributed by atoms with E-state index in [-0.39, 0.29) is 11.2 Å². The SMILES string of the molecule is CCCCCCCCCCCCCCCCCC[Si](C)(OC(C)(C)C)OC(C)(C)C. The lowest BCUT2D eigenvalue weighted by atomic mass is 10.0. The van der Waals surface area contributed by atoms with E-state index in [1.165, 1.54) is 103 Å². The van der Waals surface area contributed by atoms with Gasteiger partial charge in [0.15, 0.2) is 0 Å². The zero-order chi connectivity index (χ0) is 22.9. The molecule has 0 aromatic carbocycles. The van der Waals surface area contributed by atoms with Crippen LogP contribution in [0.2, 0.25) is 12.6 Å². The van der Waals surface area contributed by atoms with Crippen LogP contribution in [0, 0.1) is 0 Å². The van der Waals surface area contributed by atoms with E-state index in [9.17, 15) is 0 Å². The average molecular weight is 443 g/mol. The molecule has 0 atom stereocenters. The van der Waals surface area contributed by atoms with Gasteiger partial charge in [0.2, 0.25) is 0 Å². The number of rotatable bonds is 19. The fourth-order valence-electron chi connectivity index (χ4n) is 4.41. The van der Waals surface area contributed by atoms with Crippen molar-refractivity contribution in [2.24, 2.45) is 0 Å². The third-order valence-corrected chi connectivity index (χ3v) is 8.88. The minimum Gasteiger partial charge on any atom is -0.389 e. The van der Waals surface area contributed by atoms with E-state index < -0.39 is 8.56 Å². The number of unbranched alkanes of at least 4 members (excludes halogenated alkanes) is 15. The molecule has 182 valence electrons. The van der Waals surface area contributed by atoms with Crippen LogP contribution in [-0.2, 0) is 8.85 Å². The van der Waals surface area contributed by atoms with Gasteiger partial charge in [0, 0.05) is 0 Å². The molecule has 3 heteroatoms. The normalized spacial score (nSPS) is 13.2. The molecule has 0 N–H and O–H groups in total. The minimum atomic E-state index is -2.13. The molecule has 0 bridgehead atoms. The van der Waals surface area contributed by atoms with Crippen LogP contribution in [0.15, 0.2) is 0 Å². The highest BCUT2D eigenvalue weighted by Gasteiger charge is 2.38. The van der Waals surface area contributed by atoms with Crippen molar-refractivity contribution in [2.45, 2.75) is 175 Å². The van der Waals surface area contributed by atoms with Gasteiger partial charge in [-0.3, -0.25) is 0 Å². The molecule has 0 spiro atoms. The Hall–Kier alpha value is 0.137. The van der Waals surface area contributed by atoms with Crippen molar-refractivity contribution in [3.63, 3.8) is 0 Å². The molecule has 0 amide bonds. The van der Waals surface area contributed by atoms with Gasteiger partial charge in [0.25, 0.3) is 0 Å². The Kier molecular flexibility index (Phi) is 16.8. The molecule has 2 nitrogen and oxygen atoms in total. The fraction of sp³-hybridized carbons (Fsp3) is 1.00. The lowest BCUT2D eigenvalue weighted by molar-refractivity contribution is 0.0173. The summed E-state index contributed by atoms with van der Waals surface area (Å²) in [5, 5.41) is 0. The summed E-state index contributed by atoms with van der Waals surface area (Å²) in [4.78, 5) is 0. The maximum atomic E-state index is 6.44. The molecule has 0 saturated heterocycles. The van der Waals surface area contributed by atoms with Gasteiger partial charge in [-0.25, -0.2) is 0 Å². The molecule has 0 aliphatic carbocycles. The van der Waals surface area contributed by atoms with Gasteiger partial charge in [-0.15, -0.1) is 0 Å². The molecule has 0 aromatic heterocycles. The fourth-order valence-corrected chi connectivity index (χ4v) is 8.14. The third kappa shape index (κ3) is 21.4. The van der Waals surface area contributed by atoms with Crippen LogP contribution in [0.25, 0.3) is 0 Å². The van der Waals surface area contributed by atoms with Gasteiger partial charge in [0.05, 0.1) is 11.2 Å². The standard InChI is InChI=1S/C27H58O2Si/c1-9-10-11-12-13-14-15-16-17-18-19-20-21-22-23-24-25-30(8,28-26(2,3)4)29-27(5,6)7/h9-25H2,1-8H3. The molecule has 0 aromatic rings. The highest BCUT2D eigenvalue weighted by Crippen LogP contribution is 2.28. The topological polar surface area (TPSA) is 18.5 Å². The van der Waals surface area contributed by atoms with Crippen molar-refractivity contribution in [2.75, 3.05) is 0 Å². The van der Waals surface area contributed by atoms with Crippen LogP contribution in [-0.4, -0.2) is 19.8 Å². The zero-order valence-electron chi connectivity index (χ0n) is 22.3. The van der Waals surface area contributed by atoms with Crippen LogP contribution in [0.4, 0.5) is 0 Å². The summed E-state index contributed by atoms with van der Waals surface area (Å²) < 4.78 is 12.9. The molecule has 0 radical (unpaired) electrons. The Labute approximate surface area is 192 Å². The Balaban J connectivity index is 3.66. The molecule has 0 aliphatic rings. The van der Waals surface area contributed by atoms with Crippen LogP contribution in [0.3, 0.4) is 0 Å².